The van der Waals surface area contributed by atoms with Crippen LogP contribution in [0.4, 0.5) is 0 Å². The molecule has 2 aromatic rings. The third-order valence-corrected chi connectivity index (χ3v) is 6.22. The van der Waals surface area contributed by atoms with Crippen molar-refractivity contribution in [3.8, 4) is 5.75 Å². The number of rotatable bonds is 10. The van der Waals surface area contributed by atoms with Gasteiger partial charge in [-0.2, -0.15) is 0 Å². The molecule has 0 radical (unpaired) electrons. The summed E-state index contributed by atoms with van der Waals surface area (Å²) in [5.74, 6) is -2.67. The zero-order chi connectivity index (χ0) is 29.7. The van der Waals surface area contributed by atoms with E-state index in [0.29, 0.717) is 5.56 Å². The Balaban J connectivity index is 1.54. The van der Waals surface area contributed by atoms with E-state index in [0.717, 1.165) is 26.3 Å². The van der Waals surface area contributed by atoms with Gasteiger partial charge in [0.25, 0.3) is 0 Å². The number of epoxide rings is 1. The molecule has 0 bridgehead atoms. The average Bonchev–Trinajstić information content (AvgIpc) is 3.72. The van der Waals surface area contributed by atoms with Gasteiger partial charge >= 0.3 is 23.9 Å². The third-order valence-electron chi connectivity index (χ3n) is 6.22. The van der Waals surface area contributed by atoms with Gasteiger partial charge in [0.1, 0.15) is 24.6 Å². The van der Waals surface area contributed by atoms with E-state index >= 15 is 0 Å². The van der Waals surface area contributed by atoms with Crippen molar-refractivity contribution in [2.24, 2.45) is 0 Å². The maximum absolute atomic E-state index is 12.7. The number of carbonyl (C=O) groups excluding carboxylic acids is 5. The number of Topliss-reactive ketones (excluding diaryl/α,β-unsaturated/α-hetero) is 1. The van der Waals surface area contributed by atoms with Crippen LogP contribution in [-0.2, 0) is 47.6 Å². The molecule has 4 rings (SSSR count). The molecule has 218 valence electrons. The highest BCUT2D eigenvalue weighted by molar-refractivity contribution is 6.01. The Labute approximate surface area is 235 Å². The van der Waals surface area contributed by atoms with Gasteiger partial charge in [0.05, 0.1) is 0 Å². The summed E-state index contributed by atoms with van der Waals surface area (Å²) < 4.78 is 38.8. The standard InChI is InChI=1S/C29H30O12/c1-15(30)35-14-22-25(36-16(2)31)27(37-17(3)32)28(38-18(4)33)29(40-22)39-21-12-10-20(11-13-21)24-26(41-24)23(34)19-8-6-5-7-9-19/h5-13,22,24-29H,14H2,1-4H3/t22-,24-,25-,26-,27+,28-,29-/m1/s1. The molecule has 2 heterocycles. The first-order valence-electron chi connectivity index (χ1n) is 12.8. The van der Waals surface area contributed by atoms with Gasteiger partial charge in [-0.3, -0.25) is 24.0 Å². The van der Waals surface area contributed by atoms with Gasteiger partial charge in [0.2, 0.25) is 12.4 Å². The van der Waals surface area contributed by atoms with Crippen LogP contribution in [0.25, 0.3) is 0 Å². The summed E-state index contributed by atoms with van der Waals surface area (Å²) in [6, 6.07) is 15.5. The van der Waals surface area contributed by atoms with Gasteiger partial charge in [-0.1, -0.05) is 42.5 Å². The van der Waals surface area contributed by atoms with E-state index in [1.807, 2.05) is 6.07 Å². The number of hydrogen-bond acceptors (Lipinski definition) is 12. The largest absolute Gasteiger partial charge is 0.463 e. The fraction of sp³-hybridized carbons (Fsp3) is 0.414. The number of ketones is 1. The Morgan fingerprint density at radius 1 is 0.683 bits per heavy atom. The highest BCUT2D eigenvalue weighted by Gasteiger charge is 2.53. The van der Waals surface area contributed by atoms with E-state index in [9.17, 15) is 24.0 Å². The molecule has 0 aromatic heterocycles. The molecular weight excluding hydrogens is 540 g/mol. The van der Waals surface area contributed by atoms with E-state index < -0.39 is 66.8 Å². The zero-order valence-electron chi connectivity index (χ0n) is 22.8. The summed E-state index contributed by atoms with van der Waals surface area (Å²) in [6.07, 6.45) is -7.48. The third kappa shape index (κ3) is 7.68. The van der Waals surface area contributed by atoms with Gasteiger partial charge in [-0.15, -0.1) is 0 Å². The second-order valence-corrected chi connectivity index (χ2v) is 9.46. The van der Waals surface area contributed by atoms with E-state index in [1.54, 1.807) is 48.5 Å². The first-order valence-corrected chi connectivity index (χ1v) is 12.8. The molecule has 2 aliphatic rings. The zero-order valence-corrected chi connectivity index (χ0v) is 22.8. The first-order chi connectivity index (χ1) is 19.5. The Hall–Kier alpha value is -4.29. The quantitative estimate of drug-likeness (QED) is 0.178. The van der Waals surface area contributed by atoms with Crippen molar-refractivity contribution in [2.45, 2.75) is 70.6 Å². The Kier molecular flexibility index (Phi) is 9.35. The van der Waals surface area contributed by atoms with Crippen molar-refractivity contribution in [2.75, 3.05) is 6.61 Å². The predicted molar refractivity (Wildman–Crippen MR) is 137 cm³/mol. The van der Waals surface area contributed by atoms with Crippen LogP contribution in [0.3, 0.4) is 0 Å². The lowest BCUT2D eigenvalue weighted by Crippen LogP contribution is -2.63. The molecule has 0 aliphatic carbocycles. The maximum atomic E-state index is 12.7. The van der Waals surface area contributed by atoms with Crippen molar-refractivity contribution >= 4 is 29.7 Å². The van der Waals surface area contributed by atoms with Crippen LogP contribution in [0.1, 0.15) is 49.7 Å². The monoisotopic (exact) mass is 570 g/mol. The van der Waals surface area contributed by atoms with Crippen LogP contribution in [0.15, 0.2) is 54.6 Å². The van der Waals surface area contributed by atoms with Gasteiger partial charge in [0, 0.05) is 33.3 Å². The van der Waals surface area contributed by atoms with E-state index in [2.05, 4.69) is 0 Å². The number of benzene rings is 2. The molecule has 2 fully saturated rings. The van der Waals surface area contributed by atoms with Crippen molar-refractivity contribution < 1.29 is 57.1 Å². The van der Waals surface area contributed by atoms with E-state index in [4.69, 9.17) is 33.2 Å². The highest BCUT2D eigenvalue weighted by atomic mass is 16.7. The van der Waals surface area contributed by atoms with Gasteiger partial charge in [-0.25, -0.2) is 0 Å². The van der Waals surface area contributed by atoms with Crippen molar-refractivity contribution in [3.63, 3.8) is 0 Å². The van der Waals surface area contributed by atoms with Crippen molar-refractivity contribution in [3.05, 3.63) is 65.7 Å². The predicted octanol–water partition coefficient (Wildman–Crippen LogP) is 2.47. The Bertz CT molecular complexity index is 1270. The SMILES string of the molecule is CC(=O)OC[C@H]1O[C@@H](Oc2ccc([C@H]3O[C@@H]3C(=O)c3ccccc3)cc2)[C@H](OC(C)=O)[C@@H](OC(C)=O)[C@@H]1OC(C)=O. The van der Waals surface area contributed by atoms with Gasteiger partial charge in [-0.05, 0) is 17.7 Å². The summed E-state index contributed by atoms with van der Waals surface area (Å²) in [7, 11) is 0. The molecular formula is C29H30O12. The van der Waals surface area contributed by atoms with Gasteiger partial charge in [0.15, 0.2) is 24.1 Å². The Morgan fingerprint density at radius 3 is 1.85 bits per heavy atom. The fourth-order valence-corrected chi connectivity index (χ4v) is 4.49. The molecule has 0 unspecified atom stereocenters. The smallest absolute Gasteiger partial charge is 0.303 e. The maximum Gasteiger partial charge on any atom is 0.303 e. The lowest BCUT2D eigenvalue weighted by atomic mass is 9.98. The molecule has 7 atom stereocenters. The molecule has 12 nitrogen and oxygen atoms in total. The number of esters is 4. The highest BCUT2D eigenvalue weighted by Crippen LogP contribution is 2.41. The van der Waals surface area contributed by atoms with E-state index in [1.165, 1.54) is 6.92 Å². The molecule has 2 saturated heterocycles. The second-order valence-electron chi connectivity index (χ2n) is 9.46. The molecule has 0 saturated carbocycles. The van der Waals surface area contributed by atoms with Gasteiger partial charge < -0.3 is 33.2 Å². The summed E-state index contributed by atoms with van der Waals surface area (Å²) >= 11 is 0. The minimum atomic E-state index is -1.36. The van der Waals surface area contributed by atoms with Crippen LogP contribution < -0.4 is 4.74 Å². The number of ether oxygens (including phenoxy) is 7. The lowest BCUT2D eigenvalue weighted by Gasteiger charge is -2.43. The van der Waals surface area contributed by atoms with E-state index in [-0.39, 0.29) is 18.1 Å². The second kappa shape index (κ2) is 12.9. The average molecular weight is 571 g/mol. The summed E-state index contributed by atoms with van der Waals surface area (Å²) in [5, 5.41) is 0. The topological polar surface area (TPSA) is 153 Å². The summed E-state index contributed by atoms with van der Waals surface area (Å²) in [4.78, 5) is 60.0. The van der Waals surface area contributed by atoms with Crippen LogP contribution >= 0.6 is 0 Å². The van der Waals surface area contributed by atoms with Crippen molar-refractivity contribution in [1.82, 2.24) is 0 Å². The molecule has 0 amide bonds. The molecule has 0 N–H and O–H groups in total. The summed E-state index contributed by atoms with van der Waals surface area (Å²) in [6.45, 7) is 4.24. The molecule has 2 aliphatic heterocycles. The van der Waals surface area contributed by atoms with Crippen LogP contribution in [0, 0.1) is 0 Å². The number of hydrogen-bond donors (Lipinski definition) is 0. The lowest BCUT2D eigenvalue weighted by molar-refractivity contribution is -0.288. The van der Waals surface area contributed by atoms with Crippen LogP contribution in [0.5, 0.6) is 5.75 Å². The minimum absolute atomic E-state index is 0.117. The van der Waals surface area contributed by atoms with Crippen LogP contribution in [0.2, 0.25) is 0 Å². The fourth-order valence-electron chi connectivity index (χ4n) is 4.49. The van der Waals surface area contributed by atoms with Crippen LogP contribution in [-0.4, -0.2) is 73.1 Å². The molecule has 12 heteroatoms. The Morgan fingerprint density at radius 2 is 1.27 bits per heavy atom. The summed E-state index contributed by atoms with van der Waals surface area (Å²) in [5.41, 5.74) is 1.30. The minimum Gasteiger partial charge on any atom is -0.463 e. The van der Waals surface area contributed by atoms with Crippen molar-refractivity contribution in [1.29, 1.82) is 0 Å². The normalized spacial score (nSPS) is 26.7. The number of carbonyl (C=O) groups is 5. The molecule has 41 heavy (non-hydrogen) atoms. The molecule has 2 aromatic carbocycles. The molecule has 0 spiro atoms. The first kappa shape index (κ1) is 29.7.